The van der Waals surface area contributed by atoms with E-state index in [9.17, 15) is 9.90 Å². The van der Waals surface area contributed by atoms with Gasteiger partial charge in [0.25, 0.3) is 0 Å². The fourth-order valence-electron chi connectivity index (χ4n) is 1.54. The number of phenols is 1. The van der Waals surface area contributed by atoms with Crippen molar-refractivity contribution >= 4 is 5.78 Å². The maximum absolute atomic E-state index is 11.7. The number of carbonyl (C=O) groups is 1. The zero-order valence-electron chi connectivity index (χ0n) is 8.72. The summed E-state index contributed by atoms with van der Waals surface area (Å²) in [7, 11) is 0. The molecule has 0 aliphatic rings. The lowest BCUT2D eigenvalue weighted by Crippen LogP contribution is -2.05. The summed E-state index contributed by atoms with van der Waals surface area (Å²) in [6, 6.07) is 10.4. The molecule has 3 nitrogen and oxygen atoms in total. The minimum absolute atomic E-state index is 0.0245. The van der Waals surface area contributed by atoms with Crippen LogP contribution in [0.1, 0.15) is 11.3 Å². The van der Waals surface area contributed by atoms with E-state index in [1.165, 1.54) is 0 Å². The molecule has 0 saturated heterocycles. The molecule has 1 aromatic heterocycles. The first kappa shape index (κ1) is 10.5. The van der Waals surface area contributed by atoms with Crippen LogP contribution < -0.4 is 0 Å². The Bertz CT molecular complexity index is 472. The Balaban J connectivity index is 2.00. The van der Waals surface area contributed by atoms with Crippen LogP contribution in [0.3, 0.4) is 0 Å². The Labute approximate surface area is 93.3 Å². The van der Waals surface area contributed by atoms with E-state index in [2.05, 4.69) is 0 Å². The molecule has 3 heteroatoms. The van der Waals surface area contributed by atoms with E-state index < -0.39 is 0 Å². The number of ketones is 1. The van der Waals surface area contributed by atoms with Crippen molar-refractivity contribution < 1.29 is 14.3 Å². The summed E-state index contributed by atoms with van der Waals surface area (Å²) in [6.45, 7) is 0. The van der Waals surface area contributed by atoms with E-state index >= 15 is 0 Å². The van der Waals surface area contributed by atoms with E-state index in [1.54, 1.807) is 42.7 Å². The Morgan fingerprint density at radius 2 is 1.94 bits per heavy atom. The molecule has 1 N–H and O–H groups in total. The van der Waals surface area contributed by atoms with Gasteiger partial charge in [0, 0.05) is 12.0 Å². The quantitative estimate of drug-likeness (QED) is 0.853. The van der Waals surface area contributed by atoms with E-state index in [4.69, 9.17) is 4.42 Å². The van der Waals surface area contributed by atoms with E-state index in [-0.39, 0.29) is 24.4 Å². The van der Waals surface area contributed by atoms with Crippen molar-refractivity contribution in [1.29, 1.82) is 0 Å². The summed E-state index contributed by atoms with van der Waals surface area (Å²) in [5.41, 5.74) is 0.652. The zero-order valence-corrected chi connectivity index (χ0v) is 8.72. The molecule has 82 valence electrons. The summed E-state index contributed by atoms with van der Waals surface area (Å²) in [5.74, 6) is 0.840. The first-order chi connectivity index (χ1) is 7.75. The summed E-state index contributed by atoms with van der Waals surface area (Å²) < 4.78 is 5.09. The van der Waals surface area contributed by atoms with Gasteiger partial charge in [0.05, 0.1) is 12.7 Å². The molecular weight excluding hydrogens is 204 g/mol. The number of Topliss-reactive ketones (excluding diaryl/α,β-unsaturated/α-hetero) is 1. The first-order valence-electron chi connectivity index (χ1n) is 5.06. The van der Waals surface area contributed by atoms with Crippen LogP contribution in [0.15, 0.2) is 47.1 Å². The molecule has 0 saturated carbocycles. The topological polar surface area (TPSA) is 50.4 Å². The number of hydrogen-bond donors (Lipinski definition) is 1. The smallest absolute Gasteiger partial charge is 0.144 e. The summed E-state index contributed by atoms with van der Waals surface area (Å²) in [5, 5.41) is 9.51. The number of benzene rings is 1. The monoisotopic (exact) mass is 216 g/mol. The van der Waals surface area contributed by atoms with Gasteiger partial charge < -0.3 is 9.52 Å². The van der Waals surface area contributed by atoms with Crippen LogP contribution in [0.25, 0.3) is 0 Å². The van der Waals surface area contributed by atoms with Gasteiger partial charge in [-0.2, -0.15) is 0 Å². The Morgan fingerprint density at radius 1 is 1.12 bits per heavy atom. The number of hydrogen-bond acceptors (Lipinski definition) is 3. The van der Waals surface area contributed by atoms with Gasteiger partial charge in [0.2, 0.25) is 0 Å². The van der Waals surface area contributed by atoms with Gasteiger partial charge in [-0.15, -0.1) is 0 Å². The predicted octanol–water partition coefficient (Wildman–Crippen LogP) is 2.34. The van der Waals surface area contributed by atoms with Crippen molar-refractivity contribution in [3.8, 4) is 5.75 Å². The van der Waals surface area contributed by atoms with Crippen molar-refractivity contribution in [2.24, 2.45) is 0 Å². The lowest BCUT2D eigenvalue weighted by Gasteiger charge is -2.02. The first-order valence-corrected chi connectivity index (χ1v) is 5.06. The number of furan rings is 1. The molecule has 2 aromatic rings. The van der Waals surface area contributed by atoms with Crippen molar-refractivity contribution in [2.75, 3.05) is 0 Å². The largest absolute Gasteiger partial charge is 0.508 e. The molecule has 2 rings (SSSR count). The second-order valence-corrected chi connectivity index (χ2v) is 3.60. The van der Waals surface area contributed by atoms with Crippen molar-refractivity contribution in [1.82, 2.24) is 0 Å². The van der Waals surface area contributed by atoms with Crippen molar-refractivity contribution in [3.63, 3.8) is 0 Å². The minimum atomic E-state index is 0.0245. The lowest BCUT2D eigenvalue weighted by molar-refractivity contribution is -0.118. The van der Waals surface area contributed by atoms with E-state index in [1.807, 2.05) is 0 Å². The van der Waals surface area contributed by atoms with Crippen molar-refractivity contribution in [3.05, 3.63) is 54.0 Å². The summed E-state index contributed by atoms with van der Waals surface area (Å²) in [6.07, 6.45) is 2.04. The van der Waals surface area contributed by atoms with Gasteiger partial charge >= 0.3 is 0 Å². The highest BCUT2D eigenvalue weighted by Crippen LogP contribution is 2.17. The standard InChI is InChI=1S/C13H12O3/c14-11(9-12-5-3-7-16-12)8-10-4-1-2-6-13(10)15/h1-7,15H,8-9H2. The maximum Gasteiger partial charge on any atom is 0.144 e. The summed E-state index contributed by atoms with van der Waals surface area (Å²) >= 11 is 0. The molecule has 0 unspecified atom stereocenters. The fraction of sp³-hybridized carbons (Fsp3) is 0.154. The molecule has 1 heterocycles. The van der Waals surface area contributed by atoms with Gasteiger partial charge in [-0.1, -0.05) is 18.2 Å². The number of aromatic hydroxyl groups is 1. The Hall–Kier alpha value is -2.03. The third-order valence-electron chi connectivity index (χ3n) is 2.33. The SMILES string of the molecule is O=C(Cc1ccco1)Cc1ccccc1O. The van der Waals surface area contributed by atoms with Crippen LogP contribution in [0.4, 0.5) is 0 Å². The molecule has 0 fully saturated rings. The molecule has 0 amide bonds. The van der Waals surface area contributed by atoms with Gasteiger partial charge in [0.15, 0.2) is 0 Å². The zero-order chi connectivity index (χ0) is 11.4. The maximum atomic E-state index is 11.7. The number of para-hydroxylation sites is 1. The molecule has 0 aliphatic heterocycles. The third-order valence-corrected chi connectivity index (χ3v) is 2.33. The Morgan fingerprint density at radius 3 is 2.62 bits per heavy atom. The third kappa shape index (κ3) is 2.51. The van der Waals surface area contributed by atoms with Crippen LogP contribution in [0, 0.1) is 0 Å². The van der Waals surface area contributed by atoms with E-state index in [0.717, 1.165) is 0 Å². The van der Waals surface area contributed by atoms with Gasteiger partial charge in [-0.05, 0) is 18.2 Å². The van der Waals surface area contributed by atoms with Crippen LogP contribution in [-0.2, 0) is 17.6 Å². The van der Waals surface area contributed by atoms with Gasteiger partial charge in [-0.25, -0.2) is 0 Å². The van der Waals surface area contributed by atoms with Gasteiger partial charge in [0.1, 0.15) is 17.3 Å². The Kier molecular flexibility index (Phi) is 3.05. The molecule has 0 aliphatic carbocycles. The second kappa shape index (κ2) is 4.66. The molecule has 1 aromatic carbocycles. The van der Waals surface area contributed by atoms with Crippen molar-refractivity contribution in [2.45, 2.75) is 12.8 Å². The molecule has 0 bridgehead atoms. The van der Waals surface area contributed by atoms with Crippen LogP contribution in [-0.4, -0.2) is 10.9 Å². The number of rotatable bonds is 4. The average molecular weight is 216 g/mol. The highest BCUT2D eigenvalue weighted by atomic mass is 16.3. The molecule has 0 atom stereocenters. The van der Waals surface area contributed by atoms with Gasteiger partial charge in [-0.3, -0.25) is 4.79 Å². The highest BCUT2D eigenvalue weighted by molar-refractivity contribution is 5.83. The fourth-order valence-corrected chi connectivity index (χ4v) is 1.54. The van der Waals surface area contributed by atoms with Crippen LogP contribution >= 0.6 is 0 Å². The molecule has 0 radical (unpaired) electrons. The lowest BCUT2D eigenvalue weighted by atomic mass is 10.1. The minimum Gasteiger partial charge on any atom is -0.508 e. The number of phenolic OH excluding ortho intramolecular Hbond substituents is 1. The predicted molar refractivity (Wildman–Crippen MR) is 59.2 cm³/mol. The van der Waals surface area contributed by atoms with Crippen LogP contribution in [0.5, 0.6) is 5.75 Å². The molecule has 16 heavy (non-hydrogen) atoms. The molecule has 0 spiro atoms. The van der Waals surface area contributed by atoms with Crippen LogP contribution in [0.2, 0.25) is 0 Å². The second-order valence-electron chi connectivity index (χ2n) is 3.60. The highest BCUT2D eigenvalue weighted by Gasteiger charge is 2.09. The molecular formula is C13H12O3. The number of carbonyl (C=O) groups excluding carboxylic acids is 1. The normalized spacial score (nSPS) is 10.2. The van der Waals surface area contributed by atoms with E-state index in [0.29, 0.717) is 11.3 Å². The summed E-state index contributed by atoms with van der Waals surface area (Å²) in [4.78, 5) is 11.7. The average Bonchev–Trinajstić information content (AvgIpc) is 2.74.